The number of carbonyl (C=O) groups excluding carboxylic acids is 1. The number of aliphatic hydroxyl groups is 1. The van der Waals surface area contributed by atoms with Gasteiger partial charge in [-0.1, -0.05) is 48.5 Å². The molecule has 2 aromatic carbocycles. The van der Waals surface area contributed by atoms with Gasteiger partial charge in [-0.25, -0.2) is 4.39 Å². The first-order chi connectivity index (χ1) is 9.65. The average Bonchev–Trinajstić information content (AvgIpc) is 2.47. The molecule has 0 saturated carbocycles. The molecule has 2 nitrogen and oxygen atoms in total. The molecule has 0 unspecified atom stereocenters. The first-order valence-corrected chi connectivity index (χ1v) is 6.09. The van der Waals surface area contributed by atoms with Gasteiger partial charge in [0.2, 0.25) is 0 Å². The van der Waals surface area contributed by atoms with Crippen molar-refractivity contribution < 1.29 is 14.3 Å². The van der Waals surface area contributed by atoms with Crippen molar-refractivity contribution in [1.82, 2.24) is 0 Å². The number of hydrogen-bond acceptors (Lipinski definition) is 2. The Hall–Kier alpha value is -2.68. The molecular weight excluding hydrogens is 255 g/mol. The minimum Gasteiger partial charge on any atom is -0.507 e. The molecule has 0 fully saturated rings. The molecule has 2 rings (SSSR count). The van der Waals surface area contributed by atoms with Crippen LogP contribution < -0.4 is 0 Å². The normalized spacial score (nSPS) is 11.8. The van der Waals surface area contributed by atoms with Gasteiger partial charge in [-0.15, -0.1) is 0 Å². The van der Waals surface area contributed by atoms with Crippen LogP contribution in [0.4, 0.5) is 4.39 Å². The van der Waals surface area contributed by atoms with Crippen LogP contribution in [0.15, 0.2) is 66.7 Å². The van der Waals surface area contributed by atoms with Crippen molar-refractivity contribution in [1.29, 1.82) is 0 Å². The molecule has 20 heavy (non-hydrogen) atoms. The number of allylic oxidation sites excluding steroid dienone is 2. The molecule has 0 saturated heterocycles. The Morgan fingerprint density at radius 2 is 1.65 bits per heavy atom. The van der Waals surface area contributed by atoms with E-state index < -0.39 is 0 Å². The van der Waals surface area contributed by atoms with Gasteiger partial charge in [-0.05, 0) is 23.8 Å². The Morgan fingerprint density at radius 1 is 1.00 bits per heavy atom. The maximum Gasteiger partial charge on any atom is 0.182 e. The Labute approximate surface area is 116 Å². The largest absolute Gasteiger partial charge is 0.507 e. The van der Waals surface area contributed by atoms with E-state index in [1.54, 1.807) is 42.5 Å². The fourth-order valence-electron chi connectivity index (χ4n) is 1.63. The second-order valence-electron chi connectivity index (χ2n) is 4.18. The van der Waals surface area contributed by atoms with Crippen LogP contribution in [0.1, 0.15) is 11.1 Å². The lowest BCUT2D eigenvalue weighted by molar-refractivity contribution is -0.110. The fraction of sp³-hybridized carbons (Fsp3) is 0. The second kappa shape index (κ2) is 6.48. The van der Waals surface area contributed by atoms with E-state index in [4.69, 9.17) is 0 Å². The zero-order valence-corrected chi connectivity index (χ0v) is 10.7. The van der Waals surface area contributed by atoms with Crippen LogP contribution in [0, 0.1) is 5.82 Å². The van der Waals surface area contributed by atoms with Gasteiger partial charge < -0.3 is 5.11 Å². The first-order valence-electron chi connectivity index (χ1n) is 6.09. The summed E-state index contributed by atoms with van der Waals surface area (Å²) >= 11 is 0. The highest BCUT2D eigenvalue weighted by molar-refractivity contribution is 6.05. The lowest BCUT2D eigenvalue weighted by Gasteiger charge is -1.97. The van der Waals surface area contributed by atoms with Gasteiger partial charge in [0.25, 0.3) is 0 Å². The summed E-state index contributed by atoms with van der Waals surface area (Å²) in [6, 6.07) is 14.6. The zero-order chi connectivity index (χ0) is 14.4. The van der Waals surface area contributed by atoms with Crippen LogP contribution in [0.3, 0.4) is 0 Å². The van der Waals surface area contributed by atoms with Gasteiger partial charge in [0.15, 0.2) is 5.78 Å². The molecule has 0 aliphatic heterocycles. The topological polar surface area (TPSA) is 37.3 Å². The third kappa shape index (κ3) is 3.92. The van der Waals surface area contributed by atoms with E-state index in [0.29, 0.717) is 11.1 Å². The number of benzene rings is 2. The van der Waals surface area contributed by atoms with Crippen molar-refractivity contribution in [3.8, 4) is 0 Å². The van der Waals surface area contributed by atoms with Crippen LogP contribution in [0.2, 0.25) is 0 Å². The number of hydrogen-bond donors (Lipinski definition) is 1. The van der Waals surface area contributed by atoms with Crippen molar-refractivity contribution >= 4 is 17.6 Å². The van der Waals surface area contributed by atoms with Crippen molar-refractivity contribution in [2.45, 2.75) is 0 Å². The number of carbonyl (C=O) groups is 1. The first kappa shape index (κ1) is 13.7. The SMILES string of the molecule is O=C(/C=C(\O)c1ccccc1)/C=C/c1ccc(F)cc1. The molecule has 0 atom stereocenters. The van der Waals surface area contributed by atoms with Gasteiger partial charge in [0, 0.05) is 11.6 Å². The average molecular weight is 268 g/mol. The van der Waals surface area contributed by atoms with E-state index in [0.717, 1.165) is 6.08 Å². The monoisotopic (exact) mass is 268 g/mol. The maximum atomic E-state index is 12.7. The molecule has 3 heteroatoms. The summed E-state index contributed by atoms with van der Waals surface area (Å²) in [7, 11) is 0. The van der Waals surface area contributed by atoms with Crippen LogP contribution >= 0.6 is 0 Å². The summed E-state index contributed by atoms with van der Waals surface area (Å²) < 4.78 is 12.7. The Morgan fingerprint density at radius 3 is 2.30 bits per heavy atom. The zero-order valence-electron chi connectivity index (χ0n) is 10.7. The fourth-order valence-corrected chi connectivity index (χ4v) is 1.63. The van der Waals surface area contributed by atoms with Crippen molar-refractivity contribution in [2.24, 2.45) is 0 Å². The molecule has 100 valence electrons. The van der Waals surface area contributed by atoms with Crippen molar-refractivity contribution in [3.05, 3.63) is 83.7 Å². The van der Waals surface area contributed by atoms with E-state index in [2.05, 4.69) is 0 Å². The highest BCUT2D eigenvalue weighted by atomic mass is 19.1. The van der Waals surface area contributed by atoms with E-state index in [9.17, 15) is 14.3 Å². The smallest absolute Gasteiger partial charge is 0.182 e. The summed E-state index contributed by atoms with van der Waals surface area (Å²) in [6.07, 6.45) is 4.04. The van der Waals surface area contributed by atoms with Gasteiger partial charge in [-0.3, -0.25) is 4.79 Å². The van der Waals surface area contributed by atoms with Gasteiger partial charge >= 0.3 is 0 Å². The second-order valence-corrected chi connectivity index (χ2v) is 4.18. The predicted molar refractivity (Wildman–Crippen MR) is 77.5 cm³/mol. The summed E-state index contributed by atoms with van der Waals surface area (Å²) in [4.78, 5) is 11.7. The number of ketones is 1. The van der Waals surface area contributed by atoms with Crippen LogP contribution in [-0.4, -0.2) is 10.9 Å². The molecule has 0 aliphatic carbocycles. The number of rotatable bonds is 4. The number of aliphatic hydroxyl groups excluding tert-OH is 1. The summed E-state index contributed by atoms with van der Waals surface area (Å²) in [5.74, 6) is -0.745. The lowest BCUT2D eigenvalue weighted by Crippen LogP contribution is -1.90. The molecule has 0 bridgehead atoms. The molecule has 0 radical (unpaired) electrons. The molecule has 2 aromatic rings. The Bertz CT molecular complexity index is 640. The molecule has 0 heterocycles. The summed E-state index contributed by atoms with van der Waals surface area (Å²) in [6.45, 7) is 0. The Kier molecular flexibility index (Phi) is 4.45. The lowest BCUT2D eigenvalue weighted by atomic mass is 10.1. The predicted octanol–water partition coefficient (Wildman–Crippen LogP) is 4.01. The molecule has 0 spiro atoms. The van der Waals surface area contributed by atoms with E-state index in [1.165, 1.54) is 18.2 Å². The summed E-state index contributed by atoms with van der Waals surface area (Å²) in [5, 5.41) is 9.78. The number of halogens is 1. The van der Waals surface area contributed by atoms with Gasteiger partial charge in [0.05, 0.1) is 0 Å². The van der Waals surface area contributed by atoms with E-state index >= 15 is 0 Å². The van der Waals surface area contributed by atoms with E-state index in [1.807, 2.05) is 6.07 Å². The minimum atomic E-state index is -0.337. The molecule has 0 aromatic heterocycles. The van der Waals surface area contributed by atoms with Gasteiger partial charge in [0.1, 0.15) is 11.6 Å². The highest BCUT2D eigenvalue weighted by Crippen LogP contribution is 2.11. The summed E-state index contributed by atoms with van der Waals surface area (Å²) in [5.41, 5.74) is 1.29. The van der Waals surface area contributed by atoms with Crippen molar-refractivity contribution in [3.63, 3.8) is 0 Å². The van der Waals surface area contributed by atoms with E-state index in [-0.39, 0.29) is 17.4 Å². The molecular formula is C17H13FO2. The van der Waals surface area contributed by atoms with Crippen LogP contribution in [0.25, 0.3) is 11.8 Å². The molecule has 0 amide bonds. The minimum absolute atomic E-state index is 0.0839. The van der Waals surface area contributed by atoms with Crippen molar-refractivity contribution in [2.75, 3.05) is 0 Å². The Balaban J connectivity index is 2.07. The highest BCUT2D eigenvalue weighted by Gasteiger charge is 2.00. The third-order valence-electron chi connectivity index (χ3n) is 2.66. The third-order valence-corrected chi connectivity index (χ3v) is 2.66. The van der Waals surface area contributed by atoms with Crippen LogP contribution in [-0.2, 0) is 4.79 Å². The quantitative estimate of drug-likeness (QED) is 0.672. The molecule has 0 aliphatic rings. The van der Waals surface area contributed by atoms with Gasteiger partial charge in [-0.2, -0.15) is 0 Å². The van der Waals surface area contributed by atoms with Crippen LogP contribution in [0.5, 0.6) is 0 Å². The molecule has 1 N–H and O–H groups in total. The maximum absolute atomic E-state index is 12.7. The standard InChI is InChI=1S/C17H13FO2/c18-15-9-6-13(7-10-15)8-11-16(19)12-17(20)14-4-2-1-3-5-14/h1-12,20H/b11-8+,17-12-.